The zero-order valence-electron chi connectivity index (χ0n) is 6.73. The zero-order chi connectivity index (χ0) is 8.55. The summed E-state index contributed by atoms with van der Waals surface area (Å²) < 4.78 is 1.99. The summed E-state index contributed by atoms with van der Waals surface area (Å²) in [6.45, 7) is 0. The molecule has 0 radical (unpaired) electrons. The molecule has 0 amide bonds. The van der Waals surface area contributed by atoms with Gasteiger partial charge in [0.25, 0.3) is 0 Å². The fourth-order valence-electron chi connectivity index (χ4n) is 1.31. The first kappa shape index (κ1) is 6.86. The molecule has 0 aliphatic heterocycles. The normalized spacial score (nSPS) is 10.0. The summed E-state index contributed by atoms with van der Waals surface area (Å²) in [4.78, 5) is 3.13. The van der Waals surface area contributed by atoms with Gasteiger partial charge in [-0.15, -0.1) is 0 Å². The zero-order valence-corrected chi connectivity index (χ0v) is 6.73. The van der Waals surface area contributed by atoms with Crippen LogP contribution in [0.2, 0.25) is 0 Å². The number of hydrogen-bond acceptors (Lipinski definition) is 1. The summed E-state index contributed by atoms with van der Waals surface area (Å²) in [7, 11) is 1.96. The van der Waals surface area contributed by atoms with Gasteiger partial charge in [0, 0.05) is 24.7 Å². The van der Waals surface area contributed by atoms with Gasteiger partial charge in [0.2, 0.25) is 5.39 Å². The Morgan fingerprint density at radius 1 is 1.33 bits per heavy atom. The van der Waals surface area contributed by atoms with E-state index in [0.717, 1.165) is 10.9 Å². The number of fused-ring (bicyclic) bond motifs is 1. The molecule has 3 heteroatoms. The first-order chi connectivity index (χ1) is 5.81. The lowest BCUT2D eigenvalue weighted by molar-refractivity contribution is 0.969. The van der Waals surface area contributed by atoms with E-state index in [2.05, 4.69) is 4.98 Å². The number of benzene rings is 1. The highest BCUT2D eigenvalue weighted by Crippen LogP contribution is 2.21. The van der Waals surface area contributed by atoms with E-state index in [1.54, 1.807) is 6.07 Å². The molecule has 0 fully saturated rings. The lowest BCUT2D eigenvalue weighted by atomic mass is 10.2. The number of rotatable bonds is 0. The lowest BCUT2D eigenvalue weighted by Crippen LogP contribution is -1.81. The smallest absolute Gasteiger partial charge is 0.350 e. The molecule has 0 aliphatic rings. The second-order valence-electron chi connectivity index (χ2n) is 2.77. The molecule has 2 rings (SSSR count). The second kappa shape index (κ2) is 2.35. The highest BCUT2D eigenvalue weighted by Gasteiger charge is 2.06. The maximum atomic E-state index is 8.54. The van der Waals surface area contributed by atoms with Gasteiger partial charge in [-0.3, -0.25) is 0 Å². The predicted octanol–water partition coefficient (Wildman–Crippen LogP) is 2.66. The molecule has 58 valence electrons. The SMILES string of the molecule is Cn1ccc2ccc([N+]#N)cc21. The van der Waals surface area contributed by atoms with E-state index in [1.165, 1.54) is 0 Å². The molecule has 1 aromatic heterocycles. The minimum atomic E-state index is 0.587. The first-order valence-electron chi connectivity index (χ1n) is 3.71. The van der Waals surface area contributed by atoms with E-state index in [0.29, 0.717) is 5.69 Å². The van der Waals surface area contributed by atoms with Gasteiger partial charge in [-0.2, -0.15) is 0 Å². The third-order valence-electron chi connectivity index (χ3n) is 1.99. The molecule has 0 atom stereocenters. The van der Waals surface area contributed by atoms with Crippen LogP contribution in [0.3, 0.4) is 0 Å². The average molecular weight is 158 g/mol. The van der Waals surface area contributed by atoms with Crippen LogP contribution in [0.25, 0.3) is 15.9 Å². The Morgan fingerprint density at radius 3 is 2.92 bits per heavy atom. The van der Waals surface area contributed by atoms with E-state index in [9.17, 15) is 0 Å². The number of diazo groups is 1. The fourth-order valence-corrected chi connectivity index (χ4v) is 1.31. The van der Waals surface area contributed by atoms with Crippen LogP contribution < -0.4 is 0 Å². The summed E-state index contributed by atoms with van der Waals surface area (Å²) in [6, 6.07) is 7.58. The standard InChI is InChI=1S/C9H8N3/c1-12-5-4-7-2-3-8(11-10)6-9(7)12/h2-6H,1H3/q+1. The Balaban J connectivity index is 2.82. The van der Waals surface area contributed by atoms with Crippen LogP contribution in [0, 0.1) is 5.39 Å². The van der Waals surface area contributed by atoms with Gasteiger partial charge in [0.1, 0.15) is 0 Å². The van der Waals surface area contributed by atoms with Gasteiger partial charge in [-0.25, -0.2) is 0 Å². The van der Waals surface area contributed by atoms with Crippen molar-refractivity contribution in [1.29, 1.82) is 5.39 Å². The Morgan fingerprint density at radius 2 is 2.17 bits per heavy atom. The quantitative estimate of drug-likeness (QED) is 0.542. The molecule has 0 unspecified atom stereocenters. The van der Waals surface area contributed by atoms with Crippen LogP contribution in [0.1, 0.15) is 0 Å². The van der Waals surface area contributed by atoms with E-state index in [1.807, 2.05) is 36.0 Å². The molecule has 0 saturated carbocycles. The van der Waals surface area contributed by atoms with Crippen LogP contribution in [-0.4, -0.2) is 4.57 Å². The summed E-state index contributed by atoms with van der Waals surface area (Å²) in [6.07, 6.45) is 1.98. The molecule has 0 spiro atoms. The number of nitrogens with zero attached hydrogens (tertiary/aromatic N) is 3. The lowest BCUT2D eigenvalue weighted by Gasteiger charge is -1.91. The highest BCUT2D eigenvalue weighted by atomic mass is 14.9. The summed E-state index contributed by atoms with van der Waals surface area (Å²) in [5.41, 5.74) is 1.66. The summed E-state index contributed by atoms with van der Waals surface area (Å²) >= 11 is 0. The van der Waals surface area contributed by atoms with Crippen molar-refractivity contribution in [2.45, 2.75) is 0 Å². The topological polar surface area (TPSA) is 33.1 Å². The summed E-state index contributed by atoms with van der Waals surface area (Å²) in [5.74, 6) is 0. The molecule has 1 heterocycles. The molecule has 1 aromatic carbocycles. The molecule has 2 aromatic rings. The van der Waals surface area contributed by atoms with Crippen molar-refractivity contribution in [2.75, 3.05) is 0 Å². The Labute approximate surface area is 69.9 Å². The largest absolute Gasteiger partial charge is 0.387 e. The molecule has 12 heavy (non-hydrogen) atoms. The van der Waals surface area contributed by atoms with Crippen LogP contribution in [0.15, 0.2) is 30.5 Å². The van der Waals surface area contributed by atoms with Crippen molar-refractivity contribution in [2.24, 2.45) is 7.05 Å². The van der Waals surface area contributed by atoms with Gasteiger partial charge in [-0.1, -0.05) is 0 Å². The number of aryl methyl sites for hydroxylation is 1. The highest BCUT2D eigenvalue weighted by molar-refractivity contribution is 5.83. The maximum absolute atomic E-state index is 8.54. The van der Waals surface area contributed by atoms with Crippen molar-refractivity contribution in [3.05, 3.63) is 35.4 Å². The Bertz CT molecular complexity index is 462. The van der Waals surface area contributed by atoms with Gasteiger partial charge < -0.3 is 4.57 Å². The van der Waals surface area contributed by atoms with E-state index in [-0.39, 0.29) is 0 Å². The first-order valence-corrected chi connectivity index (χ1v) is 3.71. The van der Waals surface area contributed by atoms with E-state index >= 15 is 0 Å². The van der Waals surface area contributed by atoms with Crippen molar-refractivity contribution >= 4 is 16.6 Å². The van der Waals surface area contributed by atoms with Gasteiger partial charge in [0.05, 0.1) is 11.6 Å². The molecule has 0 aliphatic carbocycles. The van der Waals surface area contributed by atoms with Crippen LogP contribution in [0.4, 0.5) is 5.69 Å². The number of aromatic nitrogens is 1. The van der Waals surface area contributed by atoms with Crippen LogP contribution in [-0.2, 0) is 7.05 Å². The Hall–Kier alpha value is -1.82. The second-order valence-corrected chi connectivity index (χ2v) is 2.77. The van der Waals surface area contributed by atoms with Crippen LogP contribution in [0.5, 0.6) is 0 Å². The van der Waals surface area contributed by atoms with Gasteiger partial charge in [0.15, 0.2) is 4.98 Å². The van der Waals surface area contributed by atoms with Gasteiger partial charge >= 0.3 is 5.69 Å². The minimum Gasteiger partial charge on any atom is -0.350 e. The minimum absolute atomic E-state index is 0.587. The van der Waals surface area contributed by atoms with E-state index < -0.39 is 0 Å². The van der Waals surface area contributed by atoms with E-state index in [4.69, 9.17) is 5.39 Å². The van der Waals surface area contributed by atoms with Crippen molar-refractivity contribution in [1.82, 2.24) is 4.57 Å². The maximum Gasteiger partial charge on any atom is 0.387 e. The third kappa shape index (κ3) is 0.857. The molecular weight excluding hydrogens is 150 g/mol. The molecule has 0 bridgehead atoms. The van der Waals surface area contributed by atoms with Crippen molar-refractivity contribution in [3.8, 4) is 0 Å². The van der Waals surface area contributed by atoms with Crippen molar-refractivity contribution < 1.29 is 0 Å². The van der Waals surface area contributed by atoms with Gasteiger partial charge in [-0.05, 0) is 12.1 Å². The molecule has 3 nitrogen and oxygen atoms in total. The Kier molecular flexibility index (Phi) is 1.34. The molecule has 0 N–H and O–H groups in total. The monoisotopic (exact) mass is 158 g/mol. The predicted molar refractivity (Wildman–Crippen MR) is 47.7 cm³/mol. The fraction of sp³-hybridized carbons (Fsp3) is 0.111. The molecular formula is C9H8N3+. The number of hydrogen-bond donors (Lipinski definition) is 0. The third-order valence-corrected chi connectivity index (χ3v) is 1.99. The average Bonchev–Trinajstić information content (AvgIpc) is 2.47. The summed E-state index contributed by atoms with van der Waals surface area (Å²) in [5, 5.41) is 9.70. The van der Waals surface area contributed by atoms with Crippen LogP contribution >= 0.6 is 0 Å². The molecule has 0 saturated heterocycles. The van der Waals surface area contributed by atoms with Crippen molar-refractivity contribution in [3.63, 3.8) is 0 Å².